The summed E-state index contributed by atoms with van der Waals surface area (Å²) in [4.78, 5) is 10.2. The molecule has 2 nitrogen and oxygen atoms in total. The molecule has 9 aromatic rings. The third-order valence-electron chi connectivity index (χ3n) is 11.3. The number of nitrogens with zero attached hydrogens (tertiary/aromatic N) is 2. The molecule has 55 heavy (non-hydrogen) atoms. The van der Waals surface area contributed by atoms with Crippen molar-refractivity contribution in [3.63, 3.8) is 0 Å². The largest absolute Gasteiger partial charge is 0.228 e. The molecule has 0 atom stereocenters. The Bertz CT molecular complexity index is 2870. The van der Waals surface area contributed by atoms with Crippen molar-refractivity contribution in [1.29, 1.82) is 0 Å². The van der Waals surface area contributed by atoms with E-state index in [-0.39, 0.29) is 5.41 Å². The highest BCUT2D eigenvalue weighted by Crippen LogP contribution is 2.52. The highest BCUT2D eigenvalue weighted by atomic mass is 14.9. The summed E-state index contributed by atoms with van der Waals surface area (Å²) in [5.74, 6) is 0.712. The molecule has 0 bridgehead atoms. The summed E-state index contributed by atoms with van der Waals surface area (Å²) in [7, 11) is 0. The molecule has 0 N–H and O–H groups in total. The van der Waals surface area contributed by atoms with Gasteiger partial charge in [0.15, 0.2) is 5.82 Å². The SMILES string of the molecule is CC1(C)c2ccc(-c3cccc(-c4ccc(-c5cc(-c6cccc(-c7ccccc7)c6)nc(-c6ccccc6)n5)cc4)c3)cc2-c2ccc3ccccc3c21. The van der Waals surface area contributed by atoms with Crippen molar-refractivity contribution in [2.24, 2.45) is 0 Å². The zero-order valence-corrected chi connectivity index (χ0v) is 30.9. The fourth-order valence-corrected chi connectivity index (χ4v) is 8.46. The zero-order valence-electron chi connectivity index (χ0n) is 30.9. The smallest absolute Gasteiger partial charge is 0.160 e. The quantitative estimate of drug-likeness (QED) is 0.172. The predicted molar refractivity (Wildman–Crippen MR) is 230 cm³/mol. The Morgan fingerprint density at radius 3 is 1.58 bits per heavy atom. The lowest BCUT2D eigenvalue weighted by Gasteiger charge is -2.23. The highest BCUT2D eigenvalue weighted by Gasteiger charge is 2.36. The number of fused-ring (bicyclic) bond motifs is 5. The van der Waals surface area contributed by atoms with E-state index in [9.17, 15) is 0 Å². The van der Waals surface area contributed by atoms with E-state index in [1.165, 1.54) is 55.3 Å². The van der Waals surface area contributed by atoms with E-state index in [0.717, 1.165) is 39.2 Å². The Labute approximate surface area is 322 Å². The molecule has 2 heteroatoms. The maximum atomic E-state index is 5.10. The van der Waals surface area contributed by atoms with Crippen LogP contribution in [-0.2, 0) is 5.41 Å². The standard InChI is InChI=1S/C53H38N2/c1-53(2)48-30-28-43(33-47(48)46-29-27-37-15-9-10-22-45(37)51(46)53)42-20-11-18-40(31-42)36-23-25-38(26-24-36)49-34-50(55-52(54-49)39-16-7-4-8-17-39)44-21-12-19-41(32-44)35-13-5-3-6-14-35/h3-34H,1-2H3. The molecule has 1 heterocycles. The minimum absolute atomic E-state index is 0.0633. The Morgan fingerprint density at radius 1 is 0.345 bits per heavy atom. The van der Waals surface area contributed by atoms with Crippen LogP contribution in [0, 0.1) is 0 Å². The van der Waals surface area contributed by atoms with Gasteiger partial charge in [-0.2, -0.15) is 0 Å². The monoisotopic (exact) mass is 702 g/mol. The molecular formula is C53H38N2. The highest BCUT2D eigenvalue weighted by molar-refractivity contribution is 5.98. The number of hydrogen-bond donors (Lipinski definition) is 0. The van der Waals surface area contributed by atoms with Crippen LogP contribution in [0.1, 0.15) is 25.0 Å². The Hall–Kier alpha value is -6.90. The first-order valence-electron chi connectivity index (χ1n) is 19.0. The zero-order chi connectivity index (χ0) is 36.9. The molecule has 0 amide bonds. The van der Waals surface area contributed by atoms with Crippen molar-refractivity contribution in [3.8, 4) is 78.4 Å². The summed E-state index contributed by atoms with van der Waals surface area (Å²) in [6, 6.07) is 69.5. The van der Waals surface area contributed by atoms with E-state index < -0.39 is 0 Å². The van der Waals surface area contributed by atoms with Crippen molar-refractivity contribution < 1.29 is 0 Å². The van der Waals surface area contributed by atoms with Gasteiger partial charge in [-0.1, -0.05) is 184 Å². The number of benzene rings is 8. The normalized spacial score (nSPS) is 12.7. The van der Waals surface area contributed by atoms with Gasteiger partial charge >= 0.3 is 0 Å². The van der Waals surface area contributed by atoms with E-state index in [1.807, 2.05) is 24.3 Å². The topological polar surface area (TPSA) is 25.8 Å². The van der Waals surface area contributed by atoms with Crippen LogP contribution in [-0.4, -0.2) is 9.97 Å². The third-order valence-corrected chi connectivity index (χ3v) is 11.3. The second kappa shape index (κ2) is 13.2. The van der Waals surface area contributed by atoms with Crippen LogP contribution in [0.3, 0.4) is 0 Å². The lowest BCUT2D eigenvalue weighted by atomic mass is 9.80. The molecule has 1 aliphatic rings. The molecule has 0 unspecified atom stereocenters. The first kappa shape index (κ1) is 32.7. The maximum absolute atomic E-state index is 5.10. The van der Waals surface area contributed by atoms with Crippen LogP contribution in [0.2, 0.25) is 0 Å². The summed E-state index contributed by atoms with van der Waals surface area (Å²) in [5.41, 5.74) is 17.5. The lowest BCUT2D eigenvalue weighted by molar-refractivity contribution is 0.666. The van der Waals surface area contributed by atoms with E-state index >= 15 is 0 Å². The van der Waals surface area contributed by atoms with Gasteiger partial charge in [0, 0.05) is 22.1 Å². The van der Waals surface area contributed by atoms with Crippen LogP contribution in [0.5, 0.6) is 0 Å². The first-order valence-corrected chi connectivity index (χ1v) is 19.0. The average molecular weight is 703 g/mol. The van der Waals surface area contributed by atoms with E-state index in [1.54, 1.807) is 0 Å². The first-order chi connectivity index (χ1) is 27.0. The number of hydrogen-bond acceptors (Lipinski definition) is 2. The van der Waals surface area contributed by atoms with Gasteiger partial charge in [-0.05, 0) is 90.7 Å². The predicted octanol–water partition coefficient (Wildman–Crippen LogP) is 13.9. The molecule has 0 saturated carbocycles. The molecule has 10 rings (SSSR count). The molecule has 1 aliphatic carbocycles. The third kappa shape index (κ3) is 5.84. The fraction of sp³-hybridized carbons (Fsp3) is 0.0566. The van der Waals surface area contributed by atoms with Crippen molar-refractivity contribution in [1.82, 2.24) is 9.97 Å². The molecule has 0 fully saturated rings. The van der Waals surface area contributed by atoms with Gasteiger partial charge in [-0.25, -0.2) is 9.97 Å². The van der Waals surface area contributed by atoms with Crippen molar-refractivity contribution in [3.05, 3.63) is 205 Å². The summed E-state index contributed by atoms with van der Waals surface area (Å²) in [6.45, 7) is 4.73. The van der Waals surface area contributed by atoms with Gasteiger partial charge < -0.3 is 0 Å². The van der Waals surface area contributed by atoms with Crippen molar-refractivity contribution in [2.75, 3.05) is 0 Å². The number of rotatable bonds is 6. The van der Waals surface area contributed by atoms with Crippen LogP contribution < -0.4 is 0 Å². The van der Waals surface area contributed by atoms with E-state index in [4.69, 9.17) is 9.97 Å². The van der Waals surface area contributed by atoms with Crippen LogP contribution in [0.15, 0.2) is 194 Å². The van der Waals surface area contributed by atoms with Gasteiger partial charge in [0.1, 0.15) is 0 Å². The van der Waals surface area contributed by atoms with Crippen LogP contribution in [0.25, 0.3) is 89.2 Å². The summed E-state index contributed by atoms with van der Waals surface area (Å²) < 4.78 is 0. The maximum Gasteiger partial charge on any atom is 0.160 e. The molecule has 260 valence electrons. The Balaban J connectivity index is 0.993. The Kier molecular flexibility index (Phi) is 7.85. The van der Waals surface area contributed by atoms with Crippen LogP contribution >= 0.6 is 0 Å². The van der Waals surface area contributed by atoms with Crippen LogP contribution in [0.4, 0.5) is 0 Å². The second-order valence-electron chi connectivity index (χ2n) is 15.0. The summed E-state index contributed by atoms with van der Waals surface area (Å²) in [6.07, 6.45) is 0. The van der Waals surface area contributed by atoms with E-state index in [0.29, 0.717) is 5.82 Å². The van der Waals surface area contributed by atoms with Crippen molar-refractivity contribution >= 4 is 10.8 Å². The molecular weight excluding hydrogens is 665 g/mol. The van der Waals surface area contributed by atoms with Gasteiger partial charge in [0.25, 0.3) is 0 Å². The molecule has 1 aromatic heterocycles. The van der Waals surface area contributed by atoms with Gasteiger partial charge in [-0.15, -0.1) is 0 Å². The molecule has 0 spiro atoms. The Morgan fingerprint density at radius 2 is 0.855 bits per heavy atom. The molecule has 8 aromatic carbocycles. The lowest BCUT2D eigenvalue weighted by Crippen LogP contribution is -2.15. The minimum atomic E-state index is -0.0633. The van der Waals surface area contributed by atoms with Gasteiger partial charge in [0.2, 0.25) is 0 Å². The number of aromatic nitrogens is 2. The minimum Gasteiger partial charge on any atom is -0.228 e. The molecule has 0 radical (unpaired) electrons. The van der Waals surface area contributed by atoms with Gasteiger partial charge in [-0.3, -0.25) is 0 Å². The molecule has 0 aliphatic heterocycles. The second-order valence-corrected chi connectivity index (χ2v) is 15.0. The van der Waals surface area contributed by atoms with E-state index in [2.05, 4.69) is 184 Å². The summed E-state index contributed by atoms with van der Waals surface area (Å²) in [5, 5.41) is 2.64. The van der Waals surface area contributed by atoms with Gasteiger partial charge in [0.05, 0.1) is 11.4 Å². The molecule has 0 saturated heterocycles. The van der Waals surface area contributed by atoms with Crippen molar-refractivity contribution in [2.45, 2.75) is 19.3 Å². The fourth-order valence-electron chi connectivity index (χ4n) is 8.46. The average Bonchev–Trinajstić information content (AvgIpc) is 3.49. The summed E-state index contributed by atoms with van der Waals surface area (Å²) >= 11 is 0.